The lowest BCUT2D eigenvalue weighted by Gasteiger charge is -2.24. The van der Waals surface area contributed by atoms with Crippen LogP contribution in [0.5, 0.6) is 17.2 Å². The van der Waals surface area contributed by atoms with E-state index in [0.29, 0.717) is 13.0 Å². The first kappa shape index (κ1) is 24.1. The van der Waals surface area contributed by atoms with Gasteiger partial charge in [0.05, 0.1) is 25.4 Å². The quantitative estimate of drug-likeness (QED) is 0.387. The van der Waals surface area contributed by atoms with Crippen molar-refractivity contribution in [1.29, 1.82) is 0 Å². The standard InChI is InChI=1S/C27H35NO4/c28-27(20-29,21-30)17-5-9-23-13-15-24(16-14-23)32-26-12-4-11-25(19-26)31-18-6-10-22-7-2-1-3-8-22/h1-2,4,7,11-16,19,29-30H,3,5-6,8-10,17-18,20-21,28H2. The number of ether oxygens (including phenoxy) is 2. The second-order valence-electron chi connectivity index (χ2n) is 8.50. The fraction of sp³-hybridized carbons (Fsp3) is 0.407. The minimum Gasteiger partial charge on any atom is -0.493 e. The molecular weight excluding hydrogens is 402 g/mol. The molecule has 5 nitrogen and oxygen atoms in total. The summed E-state index contributed by atoms with van der Waals surface area (Å²) in [6.07, 6.45) is 13.2. The first-order chi connectivity index (χ1) is 15.6. The Kier molecular flexibility index (Phi) is 9.35. The van der Waals surface area contributed by atoms with Crippen LogP contribution in [0.3, 0.4) is 0 Å². The molecule has 0 unspecified atom stereocenters. The van der Waals surface area contributed by atoms with Gasteiger partial charge in [0, 0.05) is 6.07 Å². The SMILES string of the molecule is NC(CO)(CO)CCCc1ccc(Oc2cccc(OCCCC3=CC=CCC3)c2)cc1. The summed E-state index contributed by atoms with van der Waals surface area (Å²) >= 11 is 0. The number of hydrogen-bond acceptors (Lipinski definition) is 5. The number of allylic oxidation sites excluding steroid dienone is 4. The van der Waals surface area contributed by atoms with Crippen molar-refractivity contribution in [3.8, 4) is 17.2 Å². The van der Waals surface area contributed by atoms with Crippen molar-refractivity contribution in [3.05, 3.63) is 77.9 Å². The van der Waals surface area contributed by atoms with E-state index in [-0.39, 0.29) is 13.2 Å². The topological polar surface area (TPSA) is 84.9 Å². The van der Waals surface area contributed by atoms with E-state index in [1.807, 2.05) is 48.5 Å². The Bertz CT molecular complexity index is 885. The summed E-state index contributed by atoms with van der Waals surface area (Å²) in [5.74, 6) is 2.32. The molecular formula is C27H35NO4. The van der Waals surface area contributed by atoms with Crippen molar-refractivity contribution in [2.45, 2.75) is 50.5 Å². The van der Waals surface area contributed by atoms with Crippen LogP contribution in [0, 0.1) is 0 Å². The number of nitrogens with two attached hydrogens (primary N) is 1. The lowest BCUT2D eigenvalue weighted by atomic mass is 9.94. The number of rotatable bonds is 13. The van der Waals surface area contributed by atoms with E-state index in [1.54, 1.807) is 0 Å². The Morgan fingerprint density at radius 1 is 0.906 bits per heavy atom. The lowest BCUT2D eigenvalue weighted by molar-refractivity contribution is 0.113. The smallest absolute Gasteiger partial charge is 0.131 e. The molecule has 4 N–H and O–H groups in total. The van der Waals surface area contributed by atoms with Crippen molar-refractivity contribution < 1.29 is 19.7 Å². The van der Waals surface area contributed by atoms with Crippen LogP contribution >= 0.6 is 0 Å². The Balaban J connectivity index is 1.43. The molecule has 0 aliphatic heterocycles. The lowest BCUT2D eigenvalue weighted by Crippen LogP contribution is -2.47. The highest BCUT2D eigenvalue weighted by Crippen LogP contribution is 2.26. The summed E-state index contributed by atoms with van der Waals surface area (Å²) in [7, 11) is 0. The molecule has 32 heavy (non-hydrogen) atoms. The number of hydrogen-bond donors (Lipinski definition) is 3. The fourth-order valence-electron chi connectivity index (χ4n) is 3.69. The highest BCUT2D eigenvalue weighted by Gasteiger charge is 2.22. The third-order valence-corrected chi connectivity index (χ3v) is 5.75. The van der Waals surface area contributed by atoms with Gasteiger partial charge in [-0.05, 0) is 74.8 Å². The van der Waals surface area contributed by atoms with E-state index >= 15 is 0 Å². The number of aliphatic hydroxyl groups excluding tert-OH is 2. The Labute approximate surface area is 191 Å². The zero-order chi connectivity index (χ0) is 22.7. The zero-order valence-corrected chi connectivity index (χ0v) is 18.7. The third-order valence-electron chi connectivity index (χ3n) is 5.75. The van der Waals surface area contributed by atoms with E-state index in [1.165, 1.54) is 5.57 Å². The first-order valence-electron chi connectivity index (χ1n) is 11.4. The molecule has 172 valence electrons. The van der Waals surface area contributed by atoms with E-state index in [2.05, 4.69) is 18.2 Å². The predicted octanol–water partition coefficient (Wildman–Crippen LogP) is 4.92. The van der Waals surface area contributed by atoms with E-state index in [0.717, 1.165) is 61.3 Å². The van der Waals surface area contributed by atoms with Crippen molar-refractivity contribution in [2.24, 2.45) is 5.73 Å². The minimum absolute atomic E-state index is 0.214. The monoisotopic (exact) mass is 437 g/mol. The van der Waals surface area contributed by atoms with Gasteiger partial charge in [0.2, 0.25) is 0 Å². The Hall–Kier alpha value is -2.60. The van der Waals surface area contributed by atoms with Crippen LogP contribution in [0.25, 0.3) is 0 Å². The summed E-state index contributed by atoms with van der Waals surface area (Å²) in [5.41, 5.74) is 7.68. The second-order valence-corrected chi connectivity index (χ2v) is 8.50. The van der Waals surface area contributed by atoms with Gasteiger partial charge in [-0.25, -0.2) is 0 Å². The van der Waals surface area contributed by atoms with Gasteiger partial charge in [-0.3, -0.25) is 0 Å². The van der Waals surface area contributed by atoms with E-state index in [4.69, 9.17) is 15.2 Å². The molecule has 2 aromatic carbocycles. The van der Waals surface area contributed by atoms with Crippen LogP contribution < -0.4 is 15.2 Å². The first-order valence-corrected chi connectivity index (χ1v) is 11.4. The largest absolute Gasteiger partial charge is 0.493 e. The van der Waals surface area contributed by atoms with E-state index in [9.17, 15) is 10.2 Å². The molecule has 0 atom stereocenters. The average molecular weight is 438 g/mol. The number of aryl methyl sites for hydroxylation is 1. The van der Waals surface area contributed by atoms with E-state index < -0.39 is 5.54 Å². The summed E-state index contributed by atoms with van der Waals surface area (Å²) in [5, 5.41) is 18.6. The molecule has 0 bridgehead atoms. The molecule has 0 saturated heterocycles. The Morgan fingerprint density at radius 3 is 2.41 bits per heavy atom. The molecule has 0 aromatic heterocycles. The number of benzene rings is 2. The Morgan fingerprint density at radius 2 is 1.69 bits per heavy atom. The molecule has 1 aliphatic rings. The summed E-state index contributed by atoms with van der Waals surface area (Å²) in [4.78, 5) is 0. The van der Waals surface area contributed by atoms with Gasteiger partial charge in [-0.2, -0.15) is 0 Å². The van der Waals surface area contributed by atoms with Gasteiger partial charge >= 0.3 is 0 Å². The van der Waals surface area contributed by atoms with Crippen molar-refractivity contribution in [1.82, 2.24) is 0 Å². The maximum Gasteiger partial charge on any atom is 0.131 e. The summed E-state index contributed by atoms with van der Waals surface area (Å²) in [6.45, 7) is 0.263. The highest BCUT2D eigenvalue weighted by molar-refractivity contribution is 5.37. The highest BCUT2D eigenvalue weighted by atomic mass is 16.5. The van der Waals surface area contributed by atoms with Gasteiger partial charge in [-0.1, -0.05) is 42.0 Å². The fourth-order valence-corrected chi connectivity index (χ4v) is 3.69. The molecule has 5 heteroatoms. The van der Waals surface area contributed by atoms with Crippen LogP contribution in [-0.2, 0) is 6.42 Å². The maximum absolute atomic E-state index is 9.28. The molecule has 0 heterocycles. The average Bonchev–Trinajstić information content (AvgIpc) is 2.84. The van der Waals surface area contributed by atoms with Crippen LogP contribution in [0.4, 0.5) is 0 Å². The maximum atomic E-state index is 9.28. The normalized spacial score (nSPS) is 13.7. The summed E-state index contributed by atoms with van der Waals surface area (Å²) < 4.78 is 11.9. The molecule has 0 fully saturated rings. The molecule has 0 spiro atoms. The van der Waals surface area contributed by atoms with Gasteiger partial charge in [0.25, 0.3) is 0 Å². The van der Waals surface area contributed by atoms with Gasteiger partial charge in [0.1, 0.15) is 17.2 Å². The van der Waals surface area contributed by atoms with Gasteiger partial charge in [0.15, 0.2) is 0 Å². The van der Waals surface area contributed by atoms with Crippen LogP contribution in [0.1, 0.15) is 44.1 Å². The van der Waals surface area contributed by atoms with Crippen molar-refractivity contribution in [2.75, 3.05) is 19.8 Å². The molecule has 0 saturated carbocycles. The van der Waals surface area contributed by atoms with Crippen LogP contribution in [-0.4, -0.2) is 35.6 Å². The molecule has 0 amide bonds. The van der Waals surface area contributed by atoms with Crippen molar-refractivity contribution in [3.63, 3.8) is 0 Å². The third kappa shape index (κ3) is 7.83. The zero-order valence-electron chi connectivity index (χ0n) is 18.7. The summed E-state index contributed by atoms with van der Waals surface area (Å²) in [6, 6.07) is 15.7. The molecule has 1 aliphatic carbocycles. The van der Waals surface area contributed by atoms with Crippen LogP contribution in [0.15, 0.2) is 72.3 Å². The minimum atomic E-state index is -0.902. The molecule has 0 radical (unpaired) electrons. The molecule has 3 rings (SSSR count). The second kappa shape index (κ2) is 12.4. The predicted molar refractivity (Wildman–Crippen MR) is 128 cm³/mol. The molecule has 2 aromatic rings. The van der Waals surface area contributed by atoms with Crippen LogP contribution in [0.2, 0.25) is 0 Å². The van der Waals surface area contributed by atoms with Crippen molar-refractivity contribution >= 4 is 0 Å². The number of aliphatic hydroxyl groups is 2. The van der Waals surface area contributed by atoms with Gasteiger partial charge < -0.3 is 25.4 Å². The van der Waals surface area contributed by atoms with Gasteiger partial charge in [-0.15, -0.1) is 0 Å².